The number of rotatable bonds is 17. The number of thiazole rings is 1. The Hall–Kier alpha value is -4.61. The van der Waals surface area contributed by atoms with Crippen LogP contribution in [0.1, 0.15) is 98.3 Å². The summed E-state index contributed by atoms with van der Waals surface area (Å²) in [5.41, 5.74) is 0.488. The summed E-state index contributed by atoms with van der Waals surface area (Å²) >= 11 is 1.46. The number of pyridine rings is 1. The molecule has 2 aliphatic carbocycles. The van der Waals surface area contributed by atoms with Gasteiger partial charge < -0.3 is 48.8 Å². The van der Waals surface area contributed by atoms with E-state index in [1.165, 1.54) is 16.2 Å². The fourth-order valence-electron chi connectivity index (χ4n) is 8.87. The molecule has 1 aromatic carbocycles. The fourth-order valence-corrected chi connectivity index (χ4v) is 11.0. The average Bonchev–Trinajstić information content (AvgIpc) is 3.70. The molecule has 0 spiro atoms. The first-order valence-corrected chi connectivity index (χ1v) is 25.6. The molecule has 19 heteroatoms. The molecule has 65 heavy (non-hydrogen) atoms. The zero-order chi connectivity index (χ0) is 46.1. The lowest BCUT2D eigenvalue weighted by atomic mass is 10.0. The van der Waals surface area contributed by atoms with Gasteiger partial charge in [0.05, 0.1) is 38.1 Å². The Balaban J connectivity index is 1.19. The highest BCUT2D eigenvalue weighted by Gasteiger charge is 2.60. The van der Waals surface area contributed by atoms with Gasteiger partial charge in [0.2, 0.25) is 11.8 Å². The van der Waals surface area contributed by atoms with E-state index in [1.54, 1.807) is 21.0 Å². The molecule has 0 radical (unpaired) electrons. The molecule has 4 heterocycles. The molecule has 7 rings (SSSR count). The normalized spacial score (nSPS) is 24.2. The van der Waals surface area contributed by atoms with Crippen LogP contribution in [0.5, 0.6) is 11.5 Å². The summed E-state index contributed by atoms with van der Waals surface area (Å²) in [6, 6.07) is 5.43. The quantitative estimate of drug-likeness (QED) is 0.0874. The van der Waals surface area contributed by atoms with Gasteiger partial charge in [-0.05, 0) is 91.2 Å². The fraction of sp³-hybridized carbons (Fsp3) is 0.609. The van der Waals surface area contributed by atoms with Gasteiger partial charge in [-0.15, -0.1) is 11.3 Å². The molecule has 5 atom stereocenters. The molecule has 4 aliphatic rings. The largest absolute Gasteiger partial charge is 0.497 e. The second-order valence-electron chi connectivity index (χ2n) is 17.4. The zero-order valence-corrected chi connectivity index (χ0v) is 39.7. The standard InChI is InChI=1S/C46H63N6O11PS/c1-6-60-64(57,61-7-2)28-59-26-41(53)46-24-30(46)15-11-9-8-10-12-18-35(50-45(56)63-31-16-13-14-17-31)43(55)52-25-33(22-39(52)42(54)51-46)62-40-23-37(38-27-65-44(49-38)47-29(3)4)48-36-21-32(58-5)19-20-34(36)40/h11,15,19-21,23,27,29-31,33,35,39H,6-10,12-14,16-18,22,24-26,28H2,1-5H3,(H,47,49)(H,50,56)(H,51,54)/t30-,33-,35+,39+,46-/m1/s1. The number of Topliss-reactive ketones (excluding diaryl/α,β-unsaturated/α-hetero) is 1. The van der Waals surface area contributed by atoms with Crippen LogP contribution in [-0.4, -0.2) is 114 Å². The lowest BCUT2D eigenvalue weighted by Crippen LogP contribution is -2.56. The van der Waals surface area contributed by atoms with E-state index in [0.717, 1.165) is 50.1 Å². The Morgan fingerprint density at radius 2 is 1.77 bits per heavy atom. The smallest absolute Gasteiger partial charge is 0.408 e. The van der Waals surface area contributed by atoms with Gasteiger partial charge in [-0.1, -0.05) is 25.0 Å². The Bertz CT molecular complexity index is 2240. The molecule has 354 valence electrons. The van der Waals surface area contributed by atoms with Crippen molar-refractivity contribution in [3.05, 3.63) is 41.8 Å². The molecule has 3 fully saturated rings. The number of ether oxygens (including phenoxy) is 4. The third kappa shape index (κ3) is 12.1. The predicted octanol–water partition coefficient (Wildman–Crippen LogP) is 7.78. The van der Waals surface area contributed by atoms with Gasteiger partial charge in [-0.25, -0.2) is 14.8 Å². The molecule has 0 bridgehead atoms. The van der Waals surface area contributed by atoms with E-state index in [1.807, 2.05) is 55.6 Å². The van der Waals surface area contributed by atoms with E-state index in [-0.39, 0.29) is 44.2 Å². The number of aromatic nitrogens is 2. The topological polar surface area (TPSA) is 206 Å². The number of fused-ring (bicyclic) bond motifs is 3. The van der Waals surface area contributed by atoms with Gasteiger partial charge in [-0.2, -0.15) is 0 Å². The first-order chi connectivity index (χ1) is 31.3. The number of alkyl carbamates (subject to hydrolysis) is 1. The van der Waals surface area contributed by atoms with Crippen molar-refractivity contribution in [2.75, 3.05) is 45.1 Å². The molecule has 2 aromatic heterocycles. The van der Waals surface area contributed by atoms with E-state index in [0.29, 0.717) is 53.1 Å². The highest BCUT2D eigenvalue weighted by Crippen LogP contribution is 2.49. The number of carbonyl (C=O) groups excluding carboxylic acids is 4. The summed E-state index contributed by atoms with van der Waals surface area (Å²) in [5.74, 6) is -0.625. The van der Waals surface area contributed by atoms with Crippen LogP contribution in [0, 0.1) is 5.92 Å². The minimum atomic E-state index is -3.60. The highest BCUT2D eigenvalue weighted by molar-refractivity contribution is 7.53. The van der Waals surface area contributed by atoms with Gasteiger partial charge in [0.1, 0.15) is 60.0 Å². The summed E-state index contributed by atoms with van der Waals surface area (Å²) in [6.45, 7) is 7.29. The molecule has 3 aromatic rings. The SMILES string of the molecule is CCOP(=O)(COCC(=O)[C@@]12C[C@H]1C=CCCCCC[C@H](NC(=O)OC1CCCC1)C(=O)N1C[C@H](Oc3cc(-c4csc(NC(C)C)n4)nc4cc(OC)ccc34)C[C@H]1C(=O)N2)OCC. The van der Waals surface area contributed by atoms with Gasteiger partial charge in [-0.3, -0.25) is 18.9 Å². The van der Waals surface area contributed by atoms with Crippen LogP contribution in [0.15, 0.2) is 41.8 Å². The van der Waals surface area contributed by atoms with E-state index in [2.05, 4.69) is 16.0 Å². The van der Waals surface area contributed by atoms with Crippen LogP contribution in [0.3, 0.4) is 0 Å². The number of carbonyl (C=O) groups is 4. The number of benzene rings is 1. The average molecular weight is 939 g/mol. The number of hydrogen-bond donors (Lipinski definition) is 3. The first kappa shape index (κ1) is 48.3. The number of methoxy groups -OCH3 is 1. The Morgan fingerprint density at radius 1 is 1.00 bits per heavy atom. The minimum Gasteiger partial charge on any atom is -0.497 e. The lowest BCUT2D eigenvalue weighted by Gasteiger charge is -2.30. The maximum absolute atomic E-state index is 14.9. The summed E-state index contributed by atoms with van der Waals surface area (Å²) in [7, 11) is -2.02. The highest BCUT2D eigenvalue weighted by atomic mass is 32.1. The molecule has 0 unspecified atom stereocenters. The van der Waals surface area contributed by atoms with Crippen LogP contribution in [-0.2, 0) is 37.5 Å². The molecule has 2 aliphatic heterocycles. The van der Waals surface area contributed by atoms with Crippen LogP contribution in [0.4, 0.5) is 9.93 Å². The van der Waals surface area contributed by atoms with Crippen molar-refractivity contribution in [1.82, 2.24) is 25.5 Å². The summed E-state index contributed by atoms with van der Waals surface area (Å²) < 4.78 is 47.6. The number of amides is 3. The van der Waals surface area contributed by atoms with Crippen LogP contribution >= 0.6 is 18.9 Å². The second-order valence-corrected chi connectivity index (χ2v) is 20.3. The number of hydrogen-bond acceptors (Lipinski definition) is 15. The minimum absolute atomic E-state index is 0.0127. The van der Waals surface area contributed by atoms with Crippen molar-refractivity contribution in [3.8, 4) is 22.9 Å². The van der Waals surface area contributed by atoms with Crippen LogP contribution in [0.2, 0.25) is 0 Å². The number of anilines is 1. The van der Waals surface area contributed by atoms with Crippen LogP contribution in [0.25, 0.3) is 22.3 Å². The van der Waals surface area contributed by atoms with Crippen molar-refractivity contribution in [1.29, 1.82) is 0 Å². The van der Waals surface area contributed by atoms with Gasteiger partial charge in [0.15, 0.2) is 10.9 Å². The summed E-state index contributed by atoms with van der Waals surface area (Å²) in [6.07, 6.45) is 9.23. The molecule has 3 N–H and O–H groups in total. The zero-order valence-electron chi connectivity index (χ0n) is 38.0. The molecular weight excluding hydrogens is 876 g/mol. The Morgan fingerprint density at radius 3 is 2.51 bits per heavy atom. The molecule has 2 saturated carbocycles. The van der Waals surface area contributed by atoms with E-state index >= 15 is 0 Å². The number of allylic oxidation sites excluding steroid dienone is 1. The number of nitrogens with zero attached hydrogens (tertiary/aromatic N) is 3. The lowest BCUT2D eigenvalue weighted by molar-refractivity contribution is -0.141. The van der Waals surface area contributed by atoms with Gasteiger partial charge >= 0.3 is 13.7 Å². The third-order valence-electron chi connectivity index (χ3n) is 12.2. The van der Waals surface area contributed by atoms with Crippen molar-refractivity contribution in [2.24, 2.45) is 5.92 Å². The van der Waals surface area contributed by atoms with Crippen molar-refractivity contribution >= 4 is 58.7 Å². The maximum Gasteiger partial charge on any atom is 0.408 e. The van der Waals surface area contributed by atoms with E-state index < -0.39 is 68.0 Å². The van der Waals surface area contributed by atoms with Crippen LogP contribution < -0.4 is 25.4 Å². The molecular formula is C46H63N6O11PS. The van der Waals surface area contributed by atoms with E-state index in [9.17, 15) is 23.7 Å². The van der Waals surface area contributed by atoms with Crippen molar-refractivity contribution < 1.29 is 51.7 Å². The third-order valence-corrected chi connectivity index (χ3v) is 14.8. The monoisotopic (exact) mass is 938 g/mol. The van der Waals surface area contributed by atoms with Gasteiger partial charge in [0.25, 0.3) is 0 Å². The van der Waals surface area contributed by atoms with Gasteiger partial charge in [0, 0.05) is 41.3 Å². The molecule has 17 nitrogen and oxygen atoms in total. The molecule has 1 saturated heterocycles. The van der Waals surface area contributed by atoms with Crippen molar-refractivity contribution in [3.63, 3.8) is 0 Å². The number of nitrogens with one attached hydrogen (secondary N) is 3. The Labute approximate surface area is 384 Å². The summed E-state index contributed by atoms with van der Waals surface area (Å²) in [4.78, 5) is 68.3. The maximum atomic E-state index is 14.9. The first-order valence-electron chi connectivity index (χ1n) is 23.0. The van der Waals surface area contributed by atoms with Crippen molar-refractivity contribution in [2.45, 2.75) is 134 Å². The summed E-state index contributed by atoms with van der Waals surface area (Å²) in [5, 5.41) is 12.6. The van der Waals surface area contributed by atoms with E-state index in [4.69, 9.17) is 38.0 Å². The number of ketones is 1. The predicted molar refractivity (Wildman–Crippen MR) is 246 cm³/mol. The molecule has 3 amide bonds. The second kappa shape index (κ2) is 21.8. The Kier molecular flexibility index (Phi) is 16.2.